The Balaban J connectivity index is 1.44. The summed E-state index contributed by atoms with van der Waals surface area (Å²) >= 11 is 0. The third-order valence-electron chi connectivity index (χ3n) is 6.19. The Morgan fingerprint density at radius 2 is 2.12 bits per heavy atom. The van der Waals surface area contributed by atoms with E-state index in [9.17, 15) is 14.3 Å². The molecule has 2 fully saturated rings. The van der Waals surface area contributed by atoms with Gasteiger partial charge in [0.15, 0.2) is 5.82 Å². The zero-order valence-corrected chi connectivity index (χ0v) is 19.3. The highest BCUT2D eigenvalue weighted by Crippen LogP contribution is 2.32. The van der Waals surface area contributed by atoms with Crippen LogP contribution in [0.1, 0.15) is 33.2 Å². The van der Waals surface area contributed by atoms with E-state index in [0.29, 0.717) is 42.9 Å². The number of urea groups is 1. The Morgan fingerprint density at radius 1 is 1.29 bits per heavy atom. The first-order valence-electron chi connectivity index (χ1n) is 11.4. The molecule has 0 spiro atoms. The fourth-order valence-corrected chi connectivity index (χ4v) is 4.35. The van der Waals surface area contributed by atoms with Crippen LogP contribution in [-0.4, -0.2) is 73.8 Å². The quantitative estimate of drug-likeness (QED) is 0.520. The molecule has 0 aliphatic carbocycles. The number of aliphatic hydroxyl groups excluding tert-OH is 1. The highest BCUT2D eigenvalue weighted by atomic mass is 19.1. The van der Waals surface area contributed by atoms with Crippen molar-refractivity contribution in [3.63, 3.8) is 0 Å². The zero-order chi connectivity index (χ0) is 24.0. The van der Waals surface area contributed by atoms with E-state index in [4.69, 9.17) is 5.10 Å². The molecule has 3 aromatic heterocycles. The summed E-state index contributed by atoms with van der Waals surface area (Å²) in [6, 6.07) is 3.48. The van der Waals surface area contributed by atoms with Gasteiger partial charge in [-0.15, -0.1) is 0 Å². The average Bonchev–Trinajstić information content (AvgIpc) is 3.34. The number of piperidine rings is 1. The maximum absolute atomic E-state index is 14.0. The van der Waals surface area contributed by atoms with Crippen molar-refractivity contribution >= 4 is 40.3 Å². The molecule has 11 nitrogen and oxygen atoms in total. The van der Waals surface area contributed by atoms with Crippen LogP contribution in [0.15, 0.2) is 24.5 Å². The van der Waals surface area contributed by atoms with Gasteiger partial charge >= 0.3 is 6.03 Å². The van der Waals surface area contributed by atoms with Crippen molar-refractivity contribution in [2.24, 2.45) is 0 Å². The number of carbonyl (C=O) groups is 1. The Kier molecular flexibility index (Phi) is 5.68. The van der Waals surface area contributed by atoms with Gasteiger partial charge in [-0.3, -0.25) is 9.58 Å². The van der Waals surface area contributed by atoms with Crippen molar-refractivity contribution in [2.75, 3.05) is 34.8 Å². The second kappa shape index (κ2) is 8.67. The van der Waals surface area contributed by atoms with Crippen LogP contribution in [-0.2, 0) is 0 Å². The van der Waals surface area contributed by atoms with Crippen LogP contribution in [0.4, 0.5) is 32.6 Å². The van der Waals surface area contributed by atoms with Crippen LogP contribution in [0.2, 0.25) is 0 Å². The Bertz CT molecular complexity index is 1220. The van der Waals surface area contributed by atoms with Gasteiger partial charge < -0.3 is 20.6 Å². The molecule has 2 amide bonds. The number of hydrogen-bond donors (Lipinski definition) is 3. The molecule has 5 heterocycles. The molecule has 3 aromatic rings. The number of hydrogen-bond acceptors (Lipinski definition) is 8. The largest absolute Gasteiger partial charge is 0.390 e. The molecule has 180 valence electrons. The van der Waals surface area contributed by atoms with Crippen LogP contribution in [0.3, 0.4) is 0 Å². The number of fused-ring (bicyclic) bond motifs is 1. The first-order chi connectivity index (χ1) is 16.3. The van der Waals surface area contributed by atoms with Gasteiger partial charge in [0.2, 0.25) is 5.95 Å². The topological polar surface area (TPSA) is 124 Å². The normalized spacial score (nSPS) is 23.1. The number of amides is 2. The number of rotatable bonds is 5. The minimum Gasteiger partial charge on any atom is -0.390 e. The summed E-state index contributed by atoms with van der Waals surface area (Å²) in [6.07, 6.45) is 1.36. The zero-order valence-electron chi connectivity index (χ0n) is 19.3. The van der Waals surface area contributed by atoms with Gasteiger partial charge in [-0.25, -0.2) is 19.2 Å². The Morgan fingerprint density at radius 3 is 2.82 bits per heavy atom. The number of aliphatic hydroxyl groups is 1. The third kappa shape index (κ3) is 3.98. The Hall–Kier alpha value is -3.54. The molecule has 2 aliphatic heterocycles. The van der Waals surface area contributed by atoms with Gasteiger partial charge in [-0.05, 0) is 33.3 Å². The lowest BCUT2D eigenvalue weighted by atomic mass is 10.1. The molecule has 0 saturated carbocycles. The molecule has 3 N–H and O–H groups in total. The molecule has 0 aromatic carbocycles. The van der Waals surface area contributed by atoms with Crippen LogP contribution in [0.5, 0.6) is 0 Å². The lowest BCUT2D eigenvalue weighted by molar-refractivity contribution is 0.0612. The summed E-state index contributed by atoms with van der Waals surface area (Å²) in [5.74, 6) is 2.05. The molecule has 2 aliphatic rings. The summed E-state index contributed by atoms with van der Waals surface area (Å²) in [5.41, 5.74) is 0.842. The van der Waals surface area contributed by atoms with Gasteiger partial charge in [-0.2, -0.15) is 10.1 Å². The van der Waals surface area contributed by atoms with E-state index in [1.165, 1.54) is 0 Å². The van der Waals surface area contributed by atoms with Crippen molar-refractivity contribution in [3.8, 4) is 0 Å². The first-order valence-corrected chi connectivity index (χ1v) is 11.4. The highest BCUT2D eigenvalue weighted by Gasteiger charge is 2.33. The Labute approximate surface area is 196 Å². The lowest BCUT2D eigenvalue weighted by Crippen LogP contribution is -2.45. The molecular formula is C22H28FN9O2. The fourth-order valence-electron chi connectivity index (χ4n) is 4.35. The van der Waals surface area contributed by atoms with E-state index in [0.717, 1.165) is 10.9 Å². The van der Waals surface area contributed by atoms with Crippen molar-refractivity contribution in [3.05, 3.63) is 24.5 Å². The number of anilines is 4. The van der Waals surface area contributed by atoms with Crippen molar-refractivity contribution in [1.82, 2.24) is 30.0 Å². The number of nitrogens with zero attached hydrogens (tertiary/aromatic N) is 7. The monoisotopic (exact) mass is 469 g/mol. The molecular weight excluding hydrogens is 441 g/mol. The predicted molar refractivity (Wildman–Crippen MR) is 126 cm³/mol. The maximum Gasteiger partial charge on any atom is 0.323 e. The number of carbonyl (C=O) groups excluding carboxylic acids is 1. The third-order valence-corrected chi connectivity index (χ3v) is 6.19. The van der Waals surface area contributed by atoms with E-state index in [2.05, 4.69) is 25.6 Å². The van der Waals surface area contributed by atoms with Crippen LogP contribution in [0.25, 0.3) is 10.9 Å². The SMILES string of the molecule is CC1CNC(=O)N1c1nn(C(C)C)c2cc(Nc3ccnc(N4CCC(O)C(F)C4)n3)ncc12. The minimum absolute atomic E-state index is 0.0109. The summed E-state index contributed by atoms with van der Waals surface area (Å²) in [4.78, 5) is 29.1. The van der Waals surface area contributed by atoms with E-state index < -0.39 is 12.3 Å². The lowest BCUT2D eigenvalue weighted by Gasteiger charge is -2.32. The second-order valence-corrected chi connectivity index (χ2v) is 9.04. The van der Waals surface area contributed by atoms with Gasteiger partial charge in [0, 0.05) is 37.6 Å². The van der Waals surface area contributed by atoms with Crippen molar-refractivity contribution in [2.45, 2.75) is 51.6 Å². The maximum atomic E-state index is 14.0. The molecule has 3 atom stereocenters. The van der Waals surface area contributed by atoms with E-state index in [1.54, 1.807) is 28.3 Å². The fraction of sp³-hybridized carbons (Fsp3) is 0.500. The molecule has 34 heavy (non-hydrogen) atoms. The van der Waals surface area contributed by atoms with Crippen LogP contribution >= 0.6 is 0 Å². The summed E-state index contributed by atoms with van der Waals surface area (Å²) in [7, 11) is 0. The summed E-state index contributed by atoms with van der Waals surface area (Å²) in [5, 5.41) is 21.2. The molecule has 2 saturated heterocycles. The number of nitrogens with one attached hydrogen (secondary N) is 2. The van der Waals surface area contributed by atoms with Crippen LogP contribution in [0, 0.1) is 0 Å². The summed E-state index contributed by atoms with van der Waals surface area (Å²) in [6.45, 7) is 7.13. The van der Waals surface area contributed by atoms with Gasteiger partial charge in [0.05, 0.1) is 29.6 Å². The number of halogens is 1. The van der Waals surface area contributed by atoms with Gasteiger partial charge in [0.25, 0.3) is 0 Å². The van der Waals surface area contributed by atoms with E-state index >= 15 is 0 Å². The number of pyridine rings is 1. The molecule has 3 unspecified atom stereocenters. The van der Waals surface area contributed by atoms with Crippen molar-refractivity contribution in [1.29, 1.82) is 0 Å². The molecule has 12 heteroatoms. The number of alkyl halides is 1. The van der Waals surface area contributed by atoms with Gasteiger partial charge in [-0.1, -0.05) is 0 Å². The standard InChI is InChI=1S/C22H28FN9O2/c1-12(2)32-16-8-19(25-10-14(16)20(29-32)31-13(3)9-26-22(31)34)27-18-4-6-24-21(28-18)30-7-5-17(33)15(23)11-30/h4,6,8,10,12-13,15,17,33H,5,7,9,11H2,1-3H3,(H,26,34)(H,24,25,27,28). The first kappa shape index (κ1) is 22.3. The van der Waals surface area contributed by atoms with E-state index in [1.807, 2.05) is 31.5 Å². The summed E-state index contributed by atoms with van der Waals surface area (Å²) < 4.78 is 15.8. The molecule has 0 radical (unpaired) electrons. The molecule has 0 bridgehead atoms. The predicted octanol–water partition coefficient (Wildman–Crippen LogP) is 2.37. The van der Waals surface area contributed by atoms with Gasteiger partial charge in [0.1, 0.15) is 17.8 Å². The second-order valence-electron chi connectivity index (χ2n) is 9.04. The van der Waals surface area contributed by atoms with Crippen LogP contribution < -0.4 is 20.4 Å². The smallest absolute Gasteiger partial charge is 0.323 e. The number of aromatic nitrogens is 5. The van der Waals surface area contributed by atoms with E-state index in [-0.39, 0.29) is 24.7 Å². The molecule has 5 rings (SSSR count). The minimum atomic E-state index is -1.33. The van der Waals surface area contributed by atoms with Crippen molar-refractivity contribution < 1.29 is 14.3 Å². The average molecular weight is 470 g/mol. The highest BCUT2D eigenvalue weighted by molar-refractivity contribution is 6.02.